The molecule has 2 nitrogen and oxygen atoms in total. The molecular weight excluding hydrogens is 193 g/mol. The standard InChI is InChI=1S/C12H18FNO/c1-9(2)14-12(3,8-15)10-6-4-5-7-11(10)13/h4-7,9,14-15H,8H2,1-3H3. The summed E-state index contributed by atoms with van der Waals surface area (Å²) in [4.78, 5) is 0. The molecule has 1 aromatic rings. The number of aliphatic hydroxyl groups excluding tert-OH is 1. The minimum Gasteiger partial charge on any atom is -0.394 e. The van der Waals surface area contributed by atoms with Gasteiger partial charge >= 0.3 is 0 Å². The van der Waals surface area contributed by atoms with Crippen LogP contribution in [-0.4, -0.2) is 17.8 Å². The topological polar surface area (TPSA) is 32.3 Å². The summed E-state index contributed by atoms with van der Waals surface area (Å²) in [7, 11) is 0. The van der Waals surface area contributed by atoms with Crippen molar-refractivity contribution in [3.05, 3.63) is 35.6 Å². The molecule has 1 rings (SSSR count). The molecule has 0 aliphatic rings. The van der Waals surface area contributed by atoms with Gasteiger partial charge in [0, 0.05) is 11.6 Å². The lowest BCUT2D eigenvalue weighted by Gasteiger charge is -2.31. The van der Waals surface area contributed by atoms with Gasteiger partial charge in [-0.2, -0.15) is 0 Å². The number of halogens is 1. The minimum absolute atomic E-state index is 0.133. The molecule has 1 atom stereocenters. The van der Waals surface area contributed by atoms with Crippen molar-refractivity contribution < 1.29 is 9.50 Å². The summed E-state index contributed by atoms with van der Waals surface area (Å²) in [6.45, 7) is 5.60. The zero-order valence-corrected chi connectivity index (χ0v) is 9.42. The summed E-state index contributed by atoms with van der Waals surface area (Å²) in [6, 6.07) is 6.70. The molecule has 0 radical (unpaired) electrons. The Morgan fingerprint density at radius 3 is 2.47 bits per heavy atom. The molecule has 0 aliphatic carbocycles. The van der Waals surface area contributed by atoms with Gasteiger partial charge in [0.2, 0.25) is 0 Å². The van der Waals surface area contributed by atoms with Gasteiger partial charge in [0.1, 0.15) is 5.82 Å². The molecule has 0 saturated heterocycles. The summed E-state index contributed by atoms with van der Waals surface area (Å²) in [5, 5.41) is 12.6. The second-order valence-electron chi connectivity index (χ2n) is 4.27. The molecule has 0 saturated carbocycles. The van der Waals surface area contributed by atoms with Crippen molar-refractivity contribution >= 4 is 0 Å². The lowest BCUT2D eigenvalue weighted by molar-refractivity contribution is 0.162. The fourth-order valence-electron chi connectivity index (χ4n) is 1.75. The van der Waals surface area contributed by atoms with Gasteiger partial charge in [0.05, 0.1) is 12.1 Å². The Bertz CT molecular complexity index is 327. The first-order valence-corrected chi connectivity index (χ1v) is 5.13. The number of hydrogen-bond donors (Lipinski definition) is 2. The van der Waals surface area contributed by atoms with E-state index in [4.69, 9.17) is 0 Å². The van der Waals surface area contributed by atoms with Crippen molar-refractivity contribution in [1.82, 2.24) is 5.32 Å². The Labute approximate surface area is 90.1 Å². The van der Waals surface area contributed by atoms with Crippen LogP contribution in [0.2, 0.25) is 0 Å². The van der Waals surface area contributed by atoms with Gasteiger partial charge in [-0.15, -0.1) is 0 Å². The highest BCUT2D eigenvalue weighted by molar-refractivity contribution is 5.25. The maximum atomic E-state index is 13.6. The lowest BCUT2D eigenvalue weighted by atomic mass is 9.91. The number of nitrogens with one attached hydrogen (secondary N) is 1. The molecule has 84 valence electrons. The maximum Gasteiger partial charge on any atom is 0.128 e. The molecule has 3 heteroatoms. The van der Waals surface area contributed by atoms with E-state index in [0.717, 1.165) is 0 Å². The van der Waals surface area contributed by atoms with Gasteiger partial charge in [-0.05, 0) is 26.8 Å². The van der Waals surface area contributed by atoms with Crippen molar-refractivity contribution in [2.45, 2.75) is 32.4 Å². The van der Waals surface area contributed by atoms with E-state index in [2.05, 4.69) is 5.32 Å². The van der Waals surface area contributed by atoms with Crippen LogP contribution in [0.3, 0.4) is 0 Å². The third-order valence-corrected chi connectivity index (χ3v) is 2.39. The molecule has 0 heterocycles. The molecule has 15 heavy (non-hydrogen) atoms. The average molecular weight is 211 g/mol. The zero-order valence-electron chi connectivity index (χ0n) is 9.42. The molecule has 0 fully saturated rings. The number of aliphatic hydroxyl groups is 1. The van der Waals surface area contributed by atoms with Crippen molar-refractivity contribution in [2.75, 3.05) is 6.61 Å². The minimum atomic E-state index is -0.723. The molecule has 0 amide bonds. The molecule has 1 aromatic carbocycles. The van der Waals surface area contributed by atoms with Gasteiger partial charge in [0.15, 0.2) is 0 Å². The highest BCUT2D eigenvalue weighted by atomic mass is 19.1. The lowest BCUT2D eigenvalue weighted by Crippen LogP contribution is -2.47. The van der Waals surface area contributed by atoms with Crippen LogP contribution in [0.5, 0.6) is 0 Å². The Morgan fingerprint density at radius 2 is 2.00 bits per heavy atom. The Morgan fingerprint density at radius 1 is 1.40 bits per heavy atom. The van der Waals surface area contributed by atoms with Gasteiger partial charge < -0.3 is 10.4 Å². The van der Waals surface area contributed by atoms with E-state index in [1.54, 1.807) is 25.1 Å². The molecule has 0 aliphatic heterocycles. The van der Waals surface area contributed by atoms with E-state index in [1.807, 2.05) is 13.8 Å². The van der Waals surface area contributed by atoms with Gasteiger partial charge in [-0.25, -0.2) is 4.39 Å². The normalized spacial score (nSPS) is 15.3. The van der Waals surface area contributed by atoms with E-state index >= 15 is 0 Å². The van der Waals surface area contributed by atoms with Crippen molar-refractivity contribution in [3.63, 3.8) is 0 Å². The molecule has 0 bridgehead atoms. The highest BCUT2D eigenvalue weighted by Crippen LogP contribution is 2.23. The van der Waals surface area contributed by atoms with Crippen LogP contribution in [0.4, 0.5) is 4.39 Å². The van der Waals surface area contributed by atoms with Crippen molar-refractivity contribution in [1.29, 1.82) is 0 Å². The third kappa shape index (κ3) is 2.76. The smallest absolute Gasteiger partial charge is 0.128 e. The van der Waals surface area contributed by atoms with E-state index in [0.29, 0.717) is 5.56 Å². The Hall–Kier alpha value is -0.930. The molecule has 1 unspecified atom stereocenters. The predicted octanol–water partition coefficient (Wildman–Crippen LogP) is 2.03. The van der Waals surface area contributed by atoms with Crippen molar-refractivity contribution in [2.24, 2.45) is 0 Å². The Kier molecular flexibility index (Phi) is 3.83. The van der Waals surface area contributed by atoms with Crippen LogP contribution in [-0.2, 0) is 5.54 Å². The Balaban J connectivity index is 3.05. The molecule has 0 aromatic heterocycles. The first kappa shape index (κ1) is 12.1. The first-order chi connectivity index (χ1) is 6.99. The van der Waals surface area contributed by atoms with Crippen LogP contribution in [0.25, 0.3) is 0 Å². The largest absolute Gasteiger partial charge is 0.394 e. The van der Waals surface area contributed by atoms with E-state index < -0.39 is 5.54 Å². The second kappa shape index (κ2) is 4.73. The number of benzene rings is 1. The van der Waals surface area contributed by atoms with Crippen LogP contribution in [0.1, 0.15) is 26.3 Å². The molecular formula is C12H18FNO. The summed E-state index contributed by atoms with van der Waals surface area (Å²) < 4.78 is 13.6. The SMILES string of the molecule is CC(C)NC(C)(CO)c1ccccc1F. The van der Waals surface area contributed by atoms with Gasteiger partial charge in [-0.1, -0.05) is 18.2 Å². The highest BCUT2D eigenvalue weighted by Gasteiger charge is 2.28. The van der Waals surface area contributed by atoms with Crippen LogP contribution < -0.4 is 5.32 Å². The number of rotatable bonds is 4. The summed E-state index contributed by atoms with van der Waals surface area (Å²) in [5.41, 5.74) is -0.222. The van der Waals surface area contributed by atoms with E-state index in [1.165, 1.54) is 6.07 Å². The zero-order chi connectivity index (χ0) is 11.5. The number of hydrogen-bond acceptors (Lipinski definition) is 2. The van der Waals surface area contributed by atoms with Crippen LogP contribution >= 0.6 is 0 Å². The molecule has 2 N–H and O–H groups in total. The monoisotopic (exact) mass is 211 g/mol. The fourth-order valence-corrected chi connectivity index (χ4v) is 1.75. The summed E-state index contributed by atoms with van der Waals surface area (Å²) >= 11 is 0. The third-order valence-electron chi connectivity index (χ3n) is 2.39. The fraction of sp³-hybridized carbons (Fsp3) is 0.500. The van der Waals surface area contributed by atoms with Crippen LogP contribution in [0.15, 0.2) is 24.3 Å². The molecule has 0 spiro atoms. The van der Waals surface area contributed by atoms with Gasteiger partial charge in [-0.3, -0.25) is 0 Å². The summed E-state index contributed by atoms with van der Waals surface area (Å²) in [6.07, 6.45) is 0. The van der Waals surface area contributed by atoms with E-state index in [-0.39, 0.29) is 18.5 Å². The predicted molar refractivity (Wildman–Crippen MR) is 59.1 cm³/mol. The van der Waals surface area contributed by atoms with Crippen LogP contribution in [0, 0.1) is 5.82 Å². The first-order valence-electron chi connectivity index (χ1n) is 5.13. The maximum absolute atomic E-state index is 13.6. The van der Waals surface area contributed by atoms with Gasteiger partial charge in [0.25, 0.3) is 0 Å². The average Bonchev–Trinajstić information content (AvgIpc) is 2.17. The quantitative estimate of drug-likeness (QED) is 0.798. The summed E-state index contributed by atoms with van der Waals surface area (Å²) in [5.74, 6) is -0.290. The van der Waals surface area contributed by atoms with Crippen molar-refractivity contribution in [3.8, 4) is 0 Å². The second-order valence-corrected chi connectivity index (χ2v) is 4.27. The van der Waals surface area contributed by atoms with E-state index in [9.17, 15) is 9.50 Å².